The normalized spacial score (nSPS) is 10.4. The Balaban J connectivity index is 2.40. The zero-order valence-electron chi connectivity index (χ0n) is 8.68. The van der Waals surface area contributed by atoms with Crippen LogP contribution in [0.15, 0.2) is 39.7 Å². The van der Waals surface area contributed by atoms with Gasteiger partial charge in [0.2, 0.25) is 0 Å². The predicted octanol–water partition coefficient (Wildman–Crippen LogP) is 1.56. The number of aromatic nitrogens is 2. The number of aromatic amines is 1. The summed E-state index contributed by atoms with van der Waals surface area (Å²) in [7, 11) is 0. The van der Waals surface area contributed by atoms with E-state index in [0.29, 0.717) is 5.69 Å². The van der Waals surface area contributed by atoms with Gasteiger partial charge in [0, 0.05) is 16.2 Å². The van der Waals surface area contributed by atoms with Crippen LogP contribution in [0.3, 0.4) is 0 Å². The highest BCUT2D eigenvalue weighted by molar-refractivity contribution is 9.10. The van der Waals surface area contributed by atoms with Gasteiger partial charge in [-0.05, 0) is 24.3 Å². The fraction of sp³-hybridized carbons (Fsp3) is 0.0909. The molecule has 0 saturated carbocycles. The van der Waals surface area contributed by atoms with Gasteiger partial charge in [0.1, 0.15) is 0 Å². The lowest BCUT2D eigenvalue weighted by atomic mass is 10.2. The van der Waals surface area contributed by atoms with Crippen LogP contribution in [-0.4, -0.2) is 20.9 Å². The summed E-state index contributed by atoms with van der Waals surface area (Å²) in [6, 6.07) is 7.12. The predicted molar refractivity (Wildman–Crippen MR) is 65.4 cm³/mol. The number of halogens is 1. The zero-order valence-corrected chi connectivity index (χ0v) is 10.3. The van der Waals surface area contributed by atoms with Crippen molar-refractivity contribution in [3.63, 3.8) is 0 Å². The Labute approximate surface area is 105 Å². The van der Waals surface area contributed by atoms with Crippen molar-refractivity contribution < 1.29 is 9.90 Å². The van der Waals surface area contributed by atoms with Crippen molar-refractivity contribution in [3.8, 4) is 5.69 Å². The summed E-state index contributed by atoms with van der Waals surface area (Å²) >= 11 is 3.30. The van der Waals surface area contributed by atoms with Crippen LogP contribution in [0.5, 0.6) is 0 Å². The summed E-state index contributed by atoms with van der Waals surface area (Å²) in [5.74, 6) is -1.02. The monoisotopic (exact) mass is 296 g/mol. The number of hydrogen-bond acceptors (Lipinski definition) is 2. The number of rotatable bonds is 3. The van der Waals surface area contributed by atoms with E-state index in [4.69, 9.17) is 5.11 Å². The molecule has 17 heavy (non-hydrogen) atoms. The first kappa shape index (κ1) is 11.7. The molecule has 0 aliphatic heterocycles. The zero-order chi connectivity index (χ0) is 12.4. The largest absolute Gasteiger partial charge is 0.481 e. The number of nitrogens with zero attached hydrogens (tertiary/aromatic N) is 1. The first-order valence-corrected chi connectivity index (χ1v) is 5.64. The Kier molecular flexibility index (Phi) is 3.14. The second-order valence-corrected chi connectivity index (χ2v) is 4.40. The SMILES string of the molecule is O=C(O)Cc1c[nH]n(-c2ccc(Br)cc2)c1=O. The molecule has 2 rings (SSSR count). The van der Waals surface area contributed by atoms with Crippen LogP contribution in [0.25, 0.3) is 5.69 Å². The molecule has 1 aromatic heterocycles. The summed E-state index contributed by atoms with van der Waals surface area (Å²) < 4.78 is 2.22. The van der Waals surface area contributed by atoms with Gasteiger partial charge in [-0.1, -0.05) is 15.9 Å². The fourth-order valence-electron chi connectivity index (χ4n) is 1.48. The quantitative estimate of drug-likeness (QED) is 0.902. The van der Waals surface area contributed by atoms with Gasteiger partial charge in [0.25, 0.3) is 5.56 Å². The van der Waals surface area contributed by atoms with Crippen molar-refractivity contribution in [1.82, 2.24) is 9.78 Å². The average molecular weight is 297 g/mol. The highest BCUT2D eigenvalue weighted by atomic mass is 79.9. The Morgan fingerprint density at radius 1 is 1.35 bits per heavy atom. The Morgan fingerprint density at radius 2 is 2.00 bits per heavy atom. The molecule has 2 aromatic rings. The maximum absolute atomic E-state index is 11.8. The molecule has 1 heterocycles. The molecule has 0 bridgehead atoms. The van der Waals surface area contributed by atoms with Crippen LogP contribution in [0.1, 0.15) is 5.56 Å². The molecular weight excluding hydrogens is 288 g/mol. The number of hydrogen-bond donors (Lipinski definition) is 2. The second kappa shape index (κ2) is 4.58. The van der Waals surface area contributed by atoms with E-state index in [2.05, 4.69) is 21.0 Å². The minimum absolute atomic E-state index is 0.236. The van der Waals surface area contributed by atoms with Crippen molar-refractivity contribution >= 4 is 21.9 Å². The van der Waals surface area contributed by atoms with Gasteiger partial charge in [-0.15, -0.1) is 0 Å². The first-order chi connectivity index (χ1) is 8.08. The van der Waals surface area contributed by atoms with E-state index in [1.54, 1.807) is 24.3 Å². The van der Waals surface area contributed by atoms with Crippen molar-refractivity contribution in [2.24, 2.45) is 0 Å². The second-order valence-electron chi connectivity index (χ2n) is 3.49. The molecule has 0 saturated heterocycles. The third kappa shape index (κ3) is 2.47. The number of carboxylic acids is 1. The molecule has 0 spiro atoms. The van der Waals surface area contributed by atoms with Crippen molar-refractivity contribution in [2.75, 3.05) is 0 Å². The maximum Gasteiger partial charge on any atom is 0.308 e. The molecule has 5 nitrogen and oxygen atoms in total. The summed E-state index contributed by atoms with van der Waals surface area (Å²) in [6.07, 6.45) is 1.14. The van der Waals surface area contributed by atoms with Gasteiger partial charge in [0.15, 0.2) is 0 Å². The van der Waals surface area contributed by atoms with Crippen LogP contribution in [0.2, 0.25) is 0 Å². The summed E-state index contributed by atoms with van der Waals surface area (Å²) in [5, 5.41) is 11.4. The molecule has 2 N–H and O–H groups in total. The van der Waals surface area contributed by atoms with Crippen molar-refractivity contribution in [3.05, 3.63) is 50.9 Å². The molecule has 0 radical (unpaired) electrons. The van der Waals surface area contributed by atoms with Crippen LogP contribution < -0.4 is 5.56 Å². The molecule has 6 heteroatoms. The molecule has 0 unspecified atom stereocenters. The first-order valence-electron chi connectivity index (χ1n) is 4.85. The van der Waals surface area contributed by atoms with Gasteiger partial charge in [-0.25, -0.2) is 4.68 Å². The summed E-state index contributed by atoms with van der Waals surface area (Å²) in [6.45, 7) is 0. The van der Waals surface area contributed by atoms with Crippen LogP contribution in [-0.2, 0) is 11.2 Å². The standard InChI is InChI=1S/C11H9BrN2O3/c12-8-1-3-9(4-2-8)14-11(17)7(6-13-14)5-10(15)16/h1-4,6,13H,5H2,(H,15,16). The van der Waals surface area contributed by atoms with E-state index in [1.165, 1.54) is 10.9 Å². The molecular formula is C11H9BrN2O3. The molecule has 0 aliphatic rings. The molecule has 0 atom stereocenters. The van der Waals surface area contributed by atoms with Gasteiger partial charge in [0.05, 0.1) is 12.1 Å². The van der Waals surface area contributed by atoms with E-state index >= 15 is 0 Å². The van der Waals surface area contributed by atoms with Gasteiger partial charge >= 0.3 is 5.97 Å². The topological polar surface area (TPSA) is 75.1 Å². The van der Waals surface area contributed by atoms with Crippen LogP contribution in [0, 0.1) is 0 Å². The minimum atomic E-state index is -1.02. The van der Waals surface area contributed by atoms with Crippen LogP contribution in [0.4, 0.5) is 0 Å². The molecule has 1 aromatic carbocycles. The van der Waals surface area contributed by atoms with Gasteiger partial charge < -0.3 is 5.11 Å². The van der Waals surface area contributed by atoms with E-state index < -0.39 is 5.97 Å². The number of carbonyl (C=O) groups is 1. The smallest absolute Gasteiger partial charge is 0.308 e. The Morgan fingerprint density at radius 3 is 2.59 bits per heavy atom. The highest BCUT2D eigenvalue weighted by Crippen LogP contribution is 2.12. The molecule has 0 aliphatic carbocycles. The number of benzene rings is 1. The number of nitrogens with one attached hydrogen (secondary N) is 1. The summed E-state index contributed by atoms with van der Waals surface area (Å²) in [5.41, 5.74) is 0.560. The van der Waals surface area contributed by atoms with Crippen molar-refractivity contribution in [1.29, 1.82) is 0 Å². The Hall–Kier alpha value is -1.82. The van der Waals surface area contributed by atoms with E-state index in [0.717, 1.165) is 4.47 Å². The third-order valence-electron chi connectivity index (χ3n) is 2.27. The van der Waals surface area contributed by atoms with E-state index in [1.807, 2.05) is 0 Å². The van der Waals surface area contributed by atoms with Gasteiger partial charge in [-0.2, -0.15) is 0 Å². The lowest BCUT2D eigenvalue weighted by Crippen LogP contribution is -2.19. The van der Waals surface area contributed by atoms with E-state index in [-0.39, 0.29) is 17.5 Å². The summed E-state index contributed by atoms with van der Waals surface area (Å²) in [4.78, 5) is 22.4. The average Bonchev–Trinajstić information content (AvgIpc) is 2.61. The molecule has 88 valence electrons. The van der Waals surface area contributed by atoms with Crippen molar-refractivity contribution in [2.45, 2.75) is 6.42 Å². The molecule has 0 amide bonds. The lowest BCUT2D eigenvalue weighted by Gasteiger charge is -2.00. The number of carboxylic acid groups (broad SMARTS) is 1. The number of aliphatic carboxylic acids is 1. The van der Waals surface area contributed by atoms with E-state index in [9.17, 15) is 9.59 Å². The lowest BCUT2D eigenvalue weighted by molar-refractivity contribution is -0.136. The number of H-pyrrole nitrogens is 1. The third-order valence-corrected chi connectivity index (χ3v) is 2.80. The van der Waals surface area contributed by atoms with Gasteiger partial charge in [-0.3, -0.25) is 14.7 Å². The highest BCUT2D eigenvalue weighted by Gasteiger charge is 2.10. The minimum Gasteiger partial charge on any atom is -0.481 e. The van der Waals surface area contributed by atoms with Crippen LogP contribution >= 0.6 is 15.9 Å². The maximum atomic E-state index is 11.8. The molecule has 0 fully saturated rings. The Bertz CT molecular complexity index is 598. The fourth-order valence-corrected chi connectivity index (χ4v) is 1.74.